The molecule has 1 amide bonds. The van der Waals surface area contributed by atoms with Crippen LogP contribution in [-0.4, -0.2) is 41.6 Å². The van der Waals surface area contributed by atoms with E-state index in [9.17, 15) is 13.2 Å². The van der Waals surface area contributed by atoms with Gasteiger partial charge in [-0.15, -0.1) is 11.3 Å². The molecule has 148 valence electrons. The van der Waals surface area contributed by atoms with Crippen LogP contribution in [0.25, 0.3) is 10.1 Å². The van der Waals surface area contributed by atoms with Crippen molar-refractivity contribution in [3.63, 3.8) is 0 Å². The third kappa shape index (κ3) is 4.30. The molecular formula is C19H19ClN2O4S2. The van der Waals surface area contributed by atoms with Crippen molar-refractivity contribution >= 4 is 54.6 Å². The zero-order chi connectivity index (χ0) is 20.3. The smallest absolute Gasteiger partial charge is 0.264 e. The predicted molar refractivity (Wildman–Crippen MR) is 113 cm³/mol. The first-order valence-electron chi connectivity index (χ1n) is 8.38. The first-order valence-corrected chi connectivity index (χ1v) is 11.0. The van der Waals surface area contributed by atoms with Gasteiger partial charge < -0.3 is 10.1 Å². The number of nitrogens with one attached hydrogen (secondary N) is 1. The van der Waals surface area contributed by atoms with Crippen molar-refractivity contribution in [1.29, 1.82) is 0 Å². The van der Waals surface area contributed by atoms with Crippen LogP contribution < -0.4 is 9.62 Å². The van der Waals surface area contributed by atoms with Gasteiger partial charge in [-0.25, -0.2) is 8.42 Å². The van der Waals surface area contributed by atoms with Crippen molar-refractivity contribution in [2.45, 2.75) is 4.90 Å². The largest absolute Gasteiger partial charge is 0.383 e. The Labute approximate surface area is 172 Å². The van der Waals surface area contributed by atoms with Gasteiger partial charge in [0.2, 0.25) is 0 Å². The summed E-state index contributed by atoms with van der Waals surface area (Å²) < 4.78 is 32.7. The molecule has 0 saturated carbocycles. The molecule has 0 unspecified atom stereocenters. The number of amides is 1. The first-order chi connectivity index (χ1) is 13.3. The molecule has 0 aliphatic carbocycles. The summed E-state index contributed by atoms with van der Waals surface area (Å²) >= 11 is 7.20. The molecule has 0 aliphatic rings. The monoisotopic (exact) mass is 438 g/mol. The Kier molecular flexibility index (Phi) is 6.24. The number of thiophene rings is 1. The minimum atomic E-state index is -3.72. The van der Waals surface area contributed by atoms with E-state index in [-0.39, 0.29) is 10.8 Å². The highest BCUT2D eigenvalue weighted by molar-refractivity contribution is 7.92. The topological polar surface area (TPSA) is 75.7 Å². The van der Waals surface area contributed by atoms with Crippen molar-refractivity contribution < 1.29 is 17.9 Å². The molecule has 0 atom stereocenters. The Balaban J connectivity index is 1.87. The van der Waals surface area contributed by atoms with Gasteiger partial charge in [0, 0.05) is 30.4 Å². The Bertz CT molecular complexity index is 1090. The molecule has 0 radical (unpaired) electrons. The van der Waals surface area contributed by atoms with E-state index in [0.717, 1.165) is 10.1 Å². The molecule has 2 aromatic carbocycles. The Hall–Kier alpha value is -2.13. The van der Waals surface area contributed by atoms with Crippen LogP contribution in [0.2, 0.25) is 5.02 Å². The van der Waals surface area contributed by atoms with E-state index in [1.807, 2.05) is 6.07 Å². The number of fused-ring (bicyclic) bond motifs is 1. The normalized spacial score (nSPS) is 11.5. The zero-order valence-electron chi connectivity index (χ0n) is 15.3. The highest BCUT2D eigenvalue weighted by atomic mass is 35.5. The van der Waals surface area contributed by atoms with E-state index in [1.165, 1.54) is 34.8 Å². The van der Waals surface area contributed by atoms with Crippen LogP contribution in [0, 0.1) is 0 Å². The number of nitrogens with zero attached hydrogens (tertiary/aromatic N) is 1. The predicted octanol–water partition coefficient (Wildman–Crippen LogP) is 3.76. The molecule has 0 aliphatic heterocycles. The van der Waals surface area contributed by atoms with E-state index < -0.39 is 10.0 Å². The summed E-state index contributed by atoms with van der Waals surface area (Å²) in [5.41, 5.74) is 0.506. The molecule has 0 saturated heterocycles. The zero-order valence-corrected chi connectivity index (χ0v) is 17.7. The summed E-state index contributed by atoms with van der Waals surface area (Å²) in [6.07, 6.45) is 0. The average molecular weight is 439 g/mol. The molecule has 1 N–H and O–H groups in total. The molecule has 1 aromatic heterocycles. The maximum Gasteiger partial charge on any atom is 0.264 e. The Morgan fingerprint density at radius 2 is 1.89 bits per heavy atom. The summed E-state index contributed by atoms with van der Waals surface area (Å²) in [4.78, 5) is 12.9. The van der Waals surface area contributed by atoms with Crippen molar-refractivity contribution in [3.8, 4) is 0 Å². The maximum absolute atomic E-state index is 12.8. The van der Waals surface area contributed by atoms with Crippen LogP contribution >= 0.6 is 22.9 Å². The summed E-state index contributed by atoms with van der Waals surface area (Å²) in [5, 5.41) is 4.05. The lowest BCUT2D eigenvalue weighted by Crippen LogP contribution is -2.26. The highest BCUT2D eigenvalue weighted by Crippen LogP contribution is 2.31. The minimum Gasteiger partial charge on any atom is -0.383 e. The van der Waals surface area contributed by atoms with Gasteiger partial charge in [-0.1, -0.05) is 11.6 Å². The first kappa shape index (κ1) is 20.6. The van der Waals surface area contributed by atoms with Gasteiger partial charge in [-0.3, -0.25) is 9.10 Å². The van der Waals surface area contributed by atoms with Gasteiger partial charge in [-0.05, 0) is 53.9 Å². The average Bonchev–Trinajstić information content (AvgIpc) is 3.11. The number of benzene rings is 2. The van der Waals surface area contributed by atoms with Crippen molar-refractivity contribution in [1.82, 2.24) is 5.32 Å². The number of sulfonamides is 1. The van der Waals surface area contributed by atoms with Crippen molar-refractivity contribution in [2.24, 2.45) is 0 Å². The molecule has 28 heavy (non-hydrogen) atoms. The lowest BCUT2D eigenvalue weighted by Gasteiger charge is -2.19. The van der Waals surface area contributed by atoms with Crippen molar-refractivity contribution in [3.05, 3.63) is 58.4 Å². The maximum atomic E-state index is 12.8. The molecule has 0 bridgehead atoms. The lowest BCUT2D eigenvalue weighted by atomic mass is 10.2. The second kappa shape index (κ2) is 8.48. The van der Waals surface area contributed by atoms with E-state index in [0.29, 0.717) is 28.7 Å². The van der Waals surface area contributed by atoms with Gasteiger partial charge >= 0.3 is 0 Å². The van der Waals surface area contributed by atoms with E-state index in [4.69, 9.17) is 16.3 Å². The molecule has 3 rings (SSSR count). The number of anilines is 1. The second-order valence-corrected chi connectivity index (χ2v) is 9.50. The SMILES string of the molecule is COCCNC(=O)c1cc2cc(N(C)S(=O)(=O)c3ccc(Cl)cc3)ccc2s1. The molecule has 9 heteroatoms. The van der Waals surface area contributed by atoms with Crippen LogP contribution in [0.1, 0.15) is 9.67 Å². The summed E-state index contributed by atoms with van der Waals surface area (Å²) in [5.74, 6) is -0.179. The third-order valence-electron chi connectivity index (χ3n) is 4.15. The Morgan fingerprint density at radius 1 is 1.18 bits per heavy atom. The lowest BCUT2D eigenvalue weighted by molar-refractivity contribution is 0.0941. The molecule has 6 nitrogen and oxygen atoms in total. The van der Waals surface area contributed by atoms with Gasteiger partial charge in [0.15, 0.2) is 0 Å². The summed E-state index contributed by atoms with van der Waals surface area (Å²) in [6, 6.07) is 13.1. The number of carbonyl (C=O) groups is 1. The highest BCUT2D eigenvalue weighted by Gasteiger charge is 2.22. The molecule has 0 spiro atoms. The number of halogens is 1. The molecule has 3 aromatic rings. The van der Waals surface area contributed by atoms with E-state index in [2.05, 4.69) is 5.32 Å². The van der Waals surface area contributed by atoms with E-state index in [1.54, 1.807) is 37.4 Å². The van der Waals surface area contributed by atoms with Crippen LogP contribution in [0.3, 0.4) is 0 Å². The van der Waals surface area contributed by atoms with Gasteiger partial charge in [0.1, 0.15) is 0 Å². The fourth-order valence-electron chi connectivity index (χ4n) is 2.60. The molecule has 0 fully saturated rings. The summed E-state index contributed by atoms with van der Waals surface area (Å²) in [6.45, 7) is 0.866. The molecule has 1 heterocycles. The number of hydrogen-bond donors (Lipinski definition) is 1. The second-order valence-electron chi connectivity index (χ2n) is 6.01. The minimum absolute atomic E-state index is 0.156. The third-order valence-corrected chi connectivity index (χ3v) is 7.32. The van der Waals surface area contributed by atoms with Gasteiger partial charge in [-0.2, -0.15) is 0 Å². The number of rotatable bonds is 7. The van der Waals surface area contributed by atoms with Crippen LogP contribution in [0.15, 0.2) is 53.4 Å². The van der Waals surface area contributed by atoms with Crippen LogP contribution in [0.5, 0.6) is 0 Å². The standard InChI is InChI=1S/C19H19ClN2O4S2/c1-22(28(24,25)16-6-3-14(20)4-7-16)15-5-8-17-13(11-15)12-18(27-17)19(23)21-9-10-26-2/h3-8,11-12H,9-10H2,1-2H3,(H,21,23). The quantitative estimate of drug-likeness (QED) is 0.570. The van der Waals surface area contributed by atoms with Crippen LogP contribution in [0.4, 0.5) is 5.69 Å². The fourth-order valence-corrected chi connectivity index (χ4v) is 4.87. The Morgan fingerprint density at radius 3 is 2.57 bits per heavy atom. The number of methoxy groups -OCH3 is 1. The van der Waals surface area contributed by atoms with Crippen LogP contribution in [-0.2, 0) is 14.8 Å². The molecular weight excluding hydrogens is 420 g/mol. The number of ether oxygens (including phenoxy) is 1. The fraction of sp³-hybridized carbons (Fsp3) is 0.211. The van der Waals surface area contributed by atoms with E-state index >= 15 is 0 Å². The van der Waals surface area contributed by atoms with Crippen molar-refractivity contribution in [2.75, 3.05) is 31.6 Å². The number of carbonyl (C=O) groups excluding carboxylic acids is 1. The number of hydrogen-bond acceptors (Lipinski definition) is 5. The van der Waals surface area contributed by atoms with Gasteiger partial charge in [0.05, 0.1) is 22.1 Å². The van der Waals surface area contributed by atoms with Gasteiger partial charge in [0.25, 0.3) is 15.9 Å². The summed E-state index contributed by atoms with van der Waals surface area (Å²) in [7, 11) is -0.650.